The highest BCUT2D eigenvalue weighted by Gasteiger charge is 2.20. The van der Waals surface area contributed by atoms with E-state index in [9.17, 15) is 0 Å². The van der Waals surface area contributed by atoms with E-state index in [-0.39, 0.29) is 0 Å². The number of piperidine rings is 1. The molecule has 94 valence electrons. The number of hydrogen-bond donors (Lipinski definition) is 1. The van der Waals surface area contributed by atoms with Crippen LogP contribution in [0.15, 0.2) is 18.3 Å². The Labute approximate surface area is 103 Å². The molecule has 0 aromatic carbocycles. The molecule has 1 saturated heterocycles. The second-order valence-electron chi connectivity index (χ2n) is 4.54. The molecular weight excluding hydrogens is 214 g/mol. The lowest BCUT2D eigenvalue weighted by Gasteiger charge is -2.32. The Morgan fingerprint density at radius 3 is 2.88 bits per heavy atom. The van der Waals surface area contributed by atoms with E-state index in [4.69, 9.17) is 10.5 Å². The average molecular weight is 235 g/mol. The van der Waals surface area contributed by atoms with Crippen LogP contribution in [0.4, 0.5) is 5.82 Å². The summed E-state index contributed by atoms with van der Waals surface area (Å²) in [5, 5.41) is 0. The predicted molar refractivity (Wildman–Crippen MR) is 69.2 cm³/mol. The molecule has 1 aliphatic heterocycles. The van der Waals surface area contributed by atoms with Crippen molar-refractivity contribution in [3.8, 4) is 0 Å². The Hall–Kier alpha value is -1.13. The van der Waals surface area contributed by atoms with Gasteiger partial charge in [-0.15, -0.1) is 0 Å². The third-order valence-electron chi connectivity index (χ3n) is 3.14. The molecule has 0 aliphatic carbocycles. The number of nitrogens with zero attached hydrogens (tertiary/aromatic N) is 2. The van der Waals surface area contributed by atoms with Gasteiger partial charge in [0.15, 0.2) is 0 Å². The van der Waals surface area contributed by atoms with Crippen LogP contribution >= 0.6 is 0 Å². The summed E-state index contributed by atoms with van der Waals surface area (Å²) in [5.41, 5.74) is 6.70. The fourth-order valence-corrected chi connectivity index (χ4v) is 2.18. The van der Waals surface area contributed by atoms with Crippen LogP contribution in [-0.2, 0) is 4.74 Å². The Kier molecular flexibility index (Phi) is 4.34. The maximum absolute atomic E-state index is 5.67. The average Bonchev–Trinajstić information content (AvgIpc) is 2.37. The van der Waals surface area contributed by atoms with Crippen molar-refractivity contribution in [1.29, 1.82) is 0 Å². The van der Waals surface area contributed by atoms with E-state index in [0.29, 0.717) is 19.3 Å². The van der Waals surface area contributed by atoms with Crippen molar-refractivity contribution in [1.82, 2.24) is 4.98 Å². The summed E-state index contributed by atoms with van der Waals surface area (Å²) in [5.74, 6) is 1.09. The molecule has 4 heteroatoms. The SMILES string of the molecule is Cc1ccnc(N2CCC(OCCN)CC2)c1. The van der Waals surface area contributed by atoms with Gasteiger partial charge in [0.05, 0.1) is 12.7 Å². The van der Waals surface area contributed by atoms with Crippen LogP contribution in [0.1, 0.15) is 18.4 Å². The second-order valence-corrected chi connectivity index (χ2v) is 4.54. The molecule has 0 bridgehead atoms. The fourth-order valence-electron chi connectivity index (χ4n) is 2.18. The Bertz CT molecular complexity index is 348. The van der Waals surface area contributed by atoms with E-state index < -0.39 is 0 Å². The van der Waals surface area contributed by atoms with Gasteiger partial charge >= 0.3 is 0 Å². The summed E-state index contributed by atoms with van der Waals surface area (Å²) >= 11 is 0. The topological polar surface area (TPSA) is 51.4 Å². The summed E-state index contributed by atoms with van der Waals surface area (Å²) in [4.78, 5) is 6.74. The van der Waals surface area contributed by atoms with Gasteiger partial charge in [0.2, 0.25) is 0 Å². The highest BCUT2D eigenvalue weighted by Crippen LogP contribution is 2.19. The summed E-state index contributed by atoms with van der Waals surface area (Å²) in [7, 11) is 0. The number of anilines is 1. The third-order valence-corrected chi connectivity index (χ3v) is 3.14. The van der Waals surface area contributed by atoms with Gasteiger partial charge in [0.1, 0.15) is 5.82 Å². The van der Waals surface area contributed by atoms with Crippen molar-refractivity contribution >= 4 is 5.82 Å². The molecule has 4 nitrogen and oxygen atoms in total. The van der Waals surface area contributed by atoms with Gasteiger partial charge in [0, 0.05) is 25.8 Å². The summed E-state index contributed by atoms with van der Waals surface area (Å²) in [6.07, 6.45) is 4.38. The first-order valence-electron chi connectivity index (χ1n) is 6.29. The van der Waals surface area contributed by atoms with E-state index >= 15 is 0 Å². The van der Waals surface area contributed by atoms with Crippen LogP contribution in [0.25, 0.3) is 0 Å². The summed E-state index contributed by atoms with van der Waals surface area (Å²) in [6, 6.07) is 4.17. The lowest BCUT2D eigenvalue weighted by atomic mass is 10.1. The molecule has 1 fully saturated rings. The smallest absolute Gasteiger partial charge is 0.128 e. The zero-order chi connectivity index (χ0) is 12.1. The monoisotopic (exact) mass is 235 g/mol. The van der Waals surface area contributed by atoms with Crippen molar-refractivity contribution in [2.75, 3.05) is 31.1 Å². The van der Waals surface area contributed by atoms with Crippen LogP contribution in [0.3, 0.4) is 0 Å². The highest BCUT2D eigenvalue weighted by atomic mass is 16.5. The van der Waals surface area contributed by atoms with Crippen LogP contribution in [0, 0.1) is 6.92 Å². The highest BCUT2D eigenvalue weighted by molar-refractivity contribution is 5.40. The molecular formula is C13H21N3O. The number of rotatable bonds is 4. The van der Waals surface area contributed by atoms with Gasteiger partial charge < -0.3 is 15.4 Å². The van der Waals surface area contributed by atoms with E-state index in [1.807, 2.05) is 12.3 Å². The molecule has 0 radical (unpaired) electrons. The Morgan fingerprint density at radius 1 is 1.47 bits per heavy atom. The minimum absolute atomic E-state index is 0.375. The fraction of sp³-hybridized carbons (Fsp3) is 0.615. The van der Waals surface area contributed by atoms with Crippen molar-refractivity contribution < 1.29 is 4.74 Å². The summed E-state index contributed by atoms with van der Waals surface area (Å²) in [6.45, 7) is 5.42. The molecule has 0 atom stereocenters. The van der Waals surface area contributed by atoms with Gasteiger partial charge in [-0.1, -0.05) is 0 Å². The molecule has 0 amide bonds. The zero-order valence-corrected chi connectivity index (χ0v) is 10.4. The van der Waals surface area contributed by atoms with Crippen molar-refractivity contribution in [2.45, 2.75) is 25.9 Å². The van der Waals surface area contributed by atoms with Crippen molar-refractivity contribution in [2.24, 2.45) is 5.73 Å². The quantitative estimate of drug-likeness (QED) is 0.855. The third kappa shape index (κ3) is 3.41. The summed E-state index contributed by atoms with van der Waals surface area (Å²) < 4.78 is 5.67. The lowest BCUT2D eigenvalue weighted by molar-refractivity contribution is 0.0421. The van der Waals surface area contributed by atoms with Crippen LogP contribution in [0.2, 0.25) is 0 Å². The molecule has 2 rings (SSSR count). The zero-order valence-electron chi connectivity index (χ0n) is 10.4. The Balaban J connectivity index is 1.86. The minimum atomic E-state index is 0.375. The van der Waals surface area contributed by atoms with Crippen molar-refractivity contribution in [3.63, 3.8) is 0 Å². The largest absolute Gasteiger partial charge is 0.377 e. The molecule has 0 spiro atoms. The van der Waals surface area contributed by atoms with Gasteiger partial charge in [-0.25, -0.2) is 4.98 Å². The molecule has 1 aromatic heterocycles. The van der Waals surface area contributed by atoms with E-state index in [1.54, 1.807) is 0 Å². The number of ether oxygens (including phenoxy) is 1. The van der Waals surface area contributed by atoms with Gasteiger partial charge in [0.25, 0.3) is 0 Å². The number of hydrogen-bond acceptors (Lipinski definition) is 4. The molecule has 2 N–H and O–H groups in total. The second kappa shape index (κ2) is 5.98. The van der Waals surface area contributed by atoms with E-state index in [2.05, 4.69) is 22.9 Å². The van der Waals surface area contributed by atoms with E-state index in [1.165, 1.54) is 5.56 Å². The normalized spacial score (nSPS) is 17.4. The van der Waals surface area contributed by atoms with Crippen LogP contribution in [-0.4, -0.2) is 37.3 Å². The van der Waals surface area contributed by atoms with Crippen molar-refractivity contribution in [3.05, 3.63) is 23.9 Å². The molecule has 1 aliphatic rings. The van der Waals surface area contributed by atoms with Gasteiger partial charge in [-0.3, -0.25) is 0 Å². The van der Waals surface area contributed by atoms with Gasteiger partial charge in [-0.2, -0.15) is 0 Å². The Morgan fingerprint density at radius 2 is 2.24 bits per heavy atom. The van der Waals surface area contributed by atoms with E-state index in [0.717, 1.165) is 31.7 Å². The maximum atomic E-state index is 5.67. The molecule has 1 aromatic rings. The number of pyridine rings is 1. The number of aromatic nitrogens is 1. The first kappa shape index (κ1) is 12.3. The minimum Gasteiger partial charge on any atom is -0.377 e. The lowest BCUT2D eigenvalue weighted by Crippen LogP contribution is -2.38. The van der Waals surface area contributed by atoms with Gasteiger partial charge in [-0.05, 0) is 37.5 Å². The molecule has 17 heavy (non-hydrogen) atoms. The molecule has 0 saturated carbocycles. The first-order chi connectivity index (χ1) is 8.29. The number of aryl methyl sites for hydroxylation is 1. The maximum Gasteiger partial charge on any atom is 0.128 e. The predicted octanol–water partition coefficient (Wildman–Crippen LogP) is 1.33. The first-order valence-corrected chi connectivity index (χ1v) is 6.29. The van der Waals surface area contributed by atoms with Crippen LogP contribution in [0.5, 0.6) is 0 Å². The molecule has 0 unspecified atom stereocenters. The number of nitrogens with two attached hydrogens (primary N) is 1. The molecule has 2 heterocycles. The standard InChI is InChI=1S/C13H21N3O/c1-11-2-6-15-13(10-11)16-7-3-12(4-8-16)17-9-5-14/h2,6,10,12H,3-5,7-9,14H2,1H3. The van der Waals surface area contributed by atoms with Crippen LogP contribution < -0.4 is 10.6 Å².